The lowest BCUT2D eigenvalue weighted by Gasteiger charge is -2.20. The lowest BCUT2D eigenvalue weighted by atomic mass is 10.2. The van der Waals surface area contributed by atoms with E-state index in [9.17, 15) is 13.8 Å². The van der Waals surface area contributed by atoms with Gasteiger partial charge in [0.15, 0.2) is 0 Å². The molecule has 0 saturated carbocycles. The van der Waals surface area contributed by atoms with Crippen molar-refractivity contribution >= 4 is 8.03 Å². The highest BCUT2D eigenvalue weighted by atomic mass is 31.1. The number of nitrogens with one attached hydrogen (secondary N) is 1. The standard InChI is InChI=1S/C15H23FNO4P/c1-3-20-15(21-4-2,22(18)19)10-5-11-17-12-13-6-8-14(16)9-7-13/h6-9,17H,3-5,10-12H2,1-2H3/p+1. The van der Waals surface area contributed by atoms with Crippen LogP contribution in [-0.2, 0) is 20.6 Å². The summed E-state index contributed by atoms with van der Waals surface area (Å²) in [6.45, 7) is 5.40. The molecule has 22 heavy (non-hydrogen) atoms. The Balaban J connectivity index is 2.39. The number of ether oxygens (including phenoxy) is 2. The van der Waals surface area contributed by atoms with Crippen molar-refractivity contribution < 1.29 is 23.3 Å². The van der Waals surface area contributed by atoms with Crippen LogP contribution in [0.1, 0.15) is 32.3 Å². The minimum atomic E-state index is -2.59. The summed E-state index contributed by atoms with van der Waals surface area (Å²) in [5, 5.41) is 3.21. The molecule has 0 bridgehead atoms. The van der Waals surface area contributed by atoms with Crippen molar-refractivity contribution in [2.75, 3.05) is 19.8 Å². The second-order valence-electron chi connectivity index (χ2n) is 4.76. The van der Waals surface area contributed by atoms with Gasteiger partial charge in [-0.15, -0.1) is 0 Å². The van der Waals surface area contributed by atoms with Gasteiger partial charge in [0.05, 0.1) is 19.6 Å². The fraction of sp³-hybridized carbons (Fsp3) is 0.600. The highest BCUT2D eigenvalue weighted by Crippen LogP contribution is 2.41. The molecule has 0 radical (unpaired) electrons. The van der Waals surface area contributed by atoms with Crippen molar-refractivity contribution in [3.05, 3.63) is 35.6 Å². The lowest BCUT2D eigenvalue weighted by Crippen LogP contribution is -2.33. The molecule has 1 aromatic carbocycles. The third kappa shape index (κ3) is 6.07. The molecule has 0 aliphatic rings. The minimum absolute atomic E-state index is 0.256. The SMILES string of the molecule is CCOC(CCCNCc1ccc(F)cc1)(OCC)[P+](=O)O. The maximum absolute atomic E-state index is 12.8. The monoisotopic (exact) mass is 332 g/mol. The number of rotatable bonds is 11. The molecule has 1 rings (SSSR count). The molecule has 0 spiro atoms. The van der Waals surface area contributed by atoms with Crippen LogP contribution in [0, 0.1) is 5.82 Å². The summed E-state index contributed by atoms with van der Waals surface area (Å²) in [7, 11) is -2.59. The molecule has 0 fully saturated rings. The first-order chi connectivity index (χ1) is 10.5. The zero-order valence-electron chi connectivity index (χ0n) is 13.0. The first kappa shape index (κ1) is 19.1. The Bertz CT molecular complexity index is 449. The third-order valence-electron chi connectivity index (χ3n) is 3.12. The summed E-state index contributed by atoms with van der Waals surface area (Å²) < 4.78 is 35.1. The van der Waals surface area contributed by atoms with Crippen LogP contribution < -0.4 is 5.32 Å². The van der Waals surface area contributed by atoms with Crippen LogP contribution in [-0.4, -0.2) is 30.2 Å². The van der Waals surface area contributed by atoms with Gasteiger partial charge in [0, 0.05) is 6.54 Å². The topological polar surface area (TPSA) is 67.8 Å². The predicted molar refractivity (Wildman–Crippen MR) is 83.1 cm³/mol. The Kier molecular flexibility index (Phi) is 8.68. The molecule has 0 aliphatic carbocycles. The zero-order valence-corrected chi connectivity index (χ0v) is 13.9. The van der Waals surface area contributed by atoms with E-state index in [4.69, 9.17) is 9.47 Å². The van der Waals surface area contributed by atoms with Crippen molar-refractivity contribution in [2.24, 2.45) is 0 Å². The summed E-state index contributed by atoms with van der Waals surface area (Å²) in [5.74, 6) is -0.256. The fourth-order valence-corrected chi connectivity index (χ4v) is 2.94. The zero-order chi connectivity index (χ0) is 16.4. The highest BCUT2D eigenvalue weighted by Gasteiger charge is 2.51. The van der Waals surface area contributed by atoms with Gasteiger partial charge in [-0.3, -0.25) is 0 Å². The van der Waals surface area contributed by atoms with Gasteiger partial charge in [0.2, 0.25) is 0 Å². The molecule has 2 N–H and O–H groups in total. The summed E-state index contributed by atoms with van der Waals surface area (Å²) in [6, 6.07) is 6.28. The van der Waals surface area contributed by atoms with Crippen molar-refractivity contribution in [1.29, 1.82) is 0 Å². The molecule has 1 aromatic rings. The van der Waals surface area contributed by atoms with Gasteiger partial charge in [-0.1, -0.05) is 12.1 Å². The predicted octanol–water partition coefficient (Wildman–Crippen LogP) is 3.16. The van der Waals surface area contributed by atoms with E-state index < -0.39 is 13.6 Å². The van der Waals surface area contributed by atoms with Gasteiger partial charge in [-0.05, 0) is 49.1 Å². The van der Waals surface area contributed by atoms with E-state index in [1.807, 2.05) is 0 Å². The molecule has 0 saturated heterocycles. The van der Waals surface area contributed by atoms with E-state index in [1.54, 1.807) is 26.0 Å². The second-order valence-corrected chi connectivity index (χ2v) is 5.99. The Morgan fingerprint density at radius 3 is 2.32 bits per heavy atom. The maximum atomic E-state index is 12.8. The van der Waals surface area contributed by atoms with Crippen molar-refractivity contribution in [1.82, 2.24) is 5.32 Å². The first-order valence-electron chi connectivity index (χ1n) is 7.43. The van der Waals surface area contributed by atoms with Gasteiger partial charge in [0.25, 0.3) is 0 Å². The minimum Gasteiger partial charge on any atom is -0.313 e. The third-order valence-corrected chi connectivity index (χ3v) is 4.18. The van der Waals surface area contributed by atoms with Gasteiger partial charge < -0.3 is 14.8 Å². The largest absolute Gasteiger partial charge is 0.573 e. The first-order valence-corrected chi connectivity index (χ1v) is 8.64. The summed E-state index contributed by atoms with van der Waals surface area (Å²) in [5.41, 5.74) is -0.438. The number of halogens is 1. The van der Waals surface area contributed by atoms with Gasteiger partial charge in [-0.25, -0.2) is 4.39 Å². The van der Waals surface area contributed by atoms with Crippen LogP contribution in [0.3, 0.4) is 0 Å². The van der Waals surface area contributed by atoms with Gasteiger partial charge in [-0.2, -0.15) is 4.89 Å². The Morgan fingerprint density at radius 1 is 1.23 bits per heavy atom. The molecule has 1 atom stereocenters. The summed E-state index contributed by atoms with van der Waals surface area (Å²) >= 11 is 0. The van der Waals surface area contributed by atoms with Crippen molar-refractivity contribution in [2.45, 2.75) is 38.8 Å². The normalized spacial score (nSPS) is 12.5. The van der Waals surface area contributed by atoms with Crippen molar-refractivity contribution in [3.63, 3.8) is 0 Å². The average Bonchev–Trinajstić information content (AvgIpc) is 2.49. The Hall–Kier alpha value is -0.910. The van der Waals surface area contributed by atoms with Crippen LogP contribution in [0.2, 0.25) is 0 Å². The molecule has 1 unspecified atom stereocenters. The van der Waals surface area contributed by atoms with E-state index in [2.05, 4.69) is 5.32 Å². The summed E-state index contributed by atoms with van der Waals surface area (Å²) in [6.07, 6.45) is 0.958. The van der Waals surface area contributed by atoms with Crippen LogP contribution in [0.15, 0.2) is 24.3 Å². The Morgan fingerprint density at radius 2 is 1.82 bits per heavy atom. The number of hydrogen-bond donors (Lipinski definition) is 2. The van der Waals surface area contributed by atoms with Crippen LogP contribution in [0.5, 0.6) is 0 Å². The van der Waals surface area contributed by atoms with E-state index in [0.29, 0.717) is 39.1 Å². The van der Waals surface area contributed by atoms with E-state index in [0.717, 1.165) is 5.56 Å². The molecule has 5 nitrogen and oxygen atoms in total. The van der Waals surface area contributed by atoms with Crippen molar-refractivity contribution in [3.8, 4) is 0 Å². The quantitative estimate of drug-likeness (QED) is 0.370. The highest BCUT2D eigenvalue weighted by molar-refractivity contribution is 7.39. The molecular weight excluding hydrogens is 308 g/mol. The van der Waals surface area contributed by atoms with E-state index in [-0.39, 0.29) is 5.82 Å². The van der Waals surface area contributed by atoms with Gasteiger partial charge >= 0.3 is 13.6 Å². The maximum Gasteiger partial charge on any atom is 0.573 e. The molecule has 0 aliphatic heterocycles. The van der Waals surface area contributed by atoms with Gasteiger partial charge in [0.1, 0.15) is 5.82 Å². The fourth-order valence-electron chi connectivity index (χ4n) is 2.11. The average molecular weight is 332 g/mol. The lowest BCUT2D eigenvalue weighted by molar-refractivity contribution is -0.180. The molecule has 124 valence electrons. The molecule has 0 amide bonds. The van der Waals surface area contributed by atoms with Crippen LogP contribution in [0.25, 0.3) is 0 Å². The smallest absolute Gasteiger partial charge is 0.313 e. The van der Waals surface area contributed by atoms with E-state index >= 15 is 0 Å². The molecule has 7 heteroatoms. The van der Waals surface area contributed by atoms with Crippen LogP contribution in [0.4, 0.5) is 4.39 Å². The van der Waals surface area contributed by atoms with E-state index in [1.165, 1.54) is 12.1 Å². The molecule has 0 aromatic heterocycles. The second kappa shape index (κ2) is 9.98. The molecule has 0 heterocycles. The Labute approximate surface area is 131 Å². The molecular formula is C15H24FNO4P+. The summed E-state index contributed by atoms with van der Waals surface area (Å²) in [4.78, 5) is 9.49. The number of hydrogen-bond acceptors (Lipinski definition) is 4. The number of benzene rings is 1. The van der Waals surface area contributed by atoms with Crippen LogP contribution >= 0.6 is 8.03 Å².